The molecule has 1 aromatic rings. The number of rotatable bonds is 4. The summed E-state index contributed by atoms with van der Waals surface area (Å²) in [5.74, 6) is -0.0408. The Kier molecular flexibility index (Phi) is 4.62. The molecule has 0 aliphatic heterocycles. The Morgan fingerprint density at radius 1 is 1.33 bits per heavy atom. The van der Waals surface area contributed by atoms with E-state index in [4.69, 9.17) is 0 Å². The molecule has 1 rings (SSSR count). The van der Waals surface area contributed by atoms with Gasteiger partial charge in [-0.2, -0.15) is 0 Å². The number of halogens is 1. The standard InChI is InChI=1S/C11H15BrN2O/c1-3-13-10-7-8(12)5-6-9(10)11(15)14-4-2/h5-7,13H,3-4H2,1-2H3,(H,14,15). The van der Waals surface area contributed by atoms with Crippen LogP contribution in [0.25, 0.3) is 0 Å². The van der Waals surface area contributed by atoms with Crippen LogP contribution in [-0.2, 0) is 0 Å². The highest BCUT2D eigenvalue weighted by Crippen LogP contribution is 2.21. The lowest BCUT2D eigenvalue weighted by Crippen LogP contribution is -2.23. The predicted octanol–water partition coefficient (Wildman–Crippen LogP) is 2.63. The zero-order chi connectivity index (χ0) is 11.3. The minimum absolute atomic E-state index is 0.0408. The van der Waals surface area contributed by atoms with Crippen molar-refractivity contribution in [1.29, 1.82) is 0 Å². The lowest BCUT2D eigenvalue weighted by Gasteiger charge is -2.10. The first-order valence-corrected chi connectivity index (χ1v) is 5.80. The van der Waals surface area contributed by atoms with Crippen molar-refractivity contribution in [2.24, 2.45) is 0 Å². The van der Waals surface area contributed by atoms with Crippen molar-refractivity contribution in [3.63, 3.8) is 0 Å². The van der Waals surface area contributed by atoms with Crippen LogP contribution in [0.2, 0.25) is 0 Å². The Balaban J connectivity index is 2.99. The number of carbonyl (C=O) groups excluding carboxylic acids is 1. The molecule has 15 heavy (non-hydrogen) atoms. The van der Waals surface area contributed by atoms with E-state index in [1.165, 1.54) is 0 Å². The second-order valence-corrected chi connectivity index (χ2v) is 4.00. The number of hydrogen-bond acceptors (Lipinski definition) is 2. The van der Waals surface area contributed by atoms with Gasteiger partial charge in [0.2, 0.25) is 0 Å². The van der Waals surface area contributed by atoms with Gasteiger partial charge in [-0.25, -0.2) is 0 Å². The van der Waals surface area contributed by atoms with Gasteiger partial charge in [-0.1, -0.05) is 15.9 Å². The summed E-state index contributed by atoms with van der Waals surface area (Å²) in [6, 6.07) is 5.59. The smallest absolute Gasteiger partial charge is 0.253 e. The summed E-state index contributed by atoms with van der Waals surface area (Å²) in [6.07, 6.45) is 0. The van der Waals surface area contributed by atoms with Crippen LogP contribution in [0, 0.1) is 0 Å². The molecule has 3 nitrogen and oxygen atoms in total. The first-order valence-electron chi connectivity index (χ1n) is 5.00. The number of nitrogens with one attached hydrogen (secondary N) is 2. The van der Waals surface area contributed by atoms with E-state index in [9.17, 15) is 4.79 Å². The third-order valence-corrected chi connectivity index (χ3v) is 2.42. The summed E-state index contributed by atoms with van der Waals surface area (Å²) in [5, 5.41) is 5.95. The maximum atomic E-state index is 11.7. The zero-order valence-electron chi connectivity index (χ0n) is 8.93. The molecule has 0 aromatic heterocycles. The van der Waals surface area contributed by atoms with E-state index in [1.807, 2.05) is 32.0 Å². The van der Waals surface area contributed by atoms with Gasteiger partial charge in [-0.15, -0.1) is 0 Å². The van der Waals surface area contributed by atoms with Crippen molar-refractivity contribution >= 4 is 27.5 Å². The summed E-state index contributed by atoms with van der Waals surface area (Å²) in [6.45, 7) is 5.34. The molecule has 4 heteroatoms. The number of carbonyl (C=O) groups is 1. The van der Waals surface area contributed by atoms with Crippen molar-refractivity contribution in [1.82, 2.24) is 5.32 Å². The quantitative estimate of drug-likeness (QED) is 0.883. The maximum absolute atomic E-state index is 11.7. The van der Waals surface area contributed by atoms with Gasteiger partial charge in [0.05, 0.1) is 5.56 Å². The van der Waals surface area contributed by atoms with E-state index in [1.54, 1.807) is 0 Å². The highest BCUT2D eigenvalue weighted by atomic mass is 79.9. The molecule has 0 unspecified atom stereocenters. The summed E-state index contributed by atoms with van der Waals surface area (Å²) >= 11 is 3.38. The Morgan fingerprint density at radius 2 is 2.07 bits per heavy atom. The molecule has 0 fully saturated rings. The van der Waals surface area contributed by atoms with Crippen LogP contribution in [0.4, 0.5) is 5.69 Å². The van der Waals surface area contributed by atoms with Crippen molar-refractivity contribution in [3.8, 4) is 0 Å². The van der Waals surface area contributed by atoms with E-state index in [0.29, 0.717) is 12.1 Å². The van der Waals surface area contributed by atoms with Gasteiger partial charge in [0, 0.05) is 23.2 Å². The van der Waals surface area contributed by atoms with Gasteiger partial charge in [0.1, 0.15) is 0 Å². The summed E-state index contributed by atoms with van der Waals surface area (Å²) in [4.78, 5) is 11.7. The average Bonchev–Trinajstić information content (AvgIpc) is 2.18. The Bertz CT molecular complexity index is 352. The van der Waals surface area contributed by atoms with E-state index in [0.717, 1.165) is 16.7 Å². The maximum Gasteiger partial charge on any atom is 0.253 e. The number of anilines is 1. The molecule has 0 radical (unpaired) electrons. The molecule has 0 saturated carbocycles. The number of benzene rings is 1. The van der Waals surface area contributed by atoms with Crippen molar-refractivity contribution < 1.29 is 4.79 Å². The minimum atomic E-state index is -0.0408. The van der Waals surface area contributed by atoms with Crippen LogP contribution in [0.15, 0.2) is 22.7 Å². The molecule has 0 saturated heterocycles. The topological polar surface area (TPSA) is 41.1 Å². The predicted molar refractivity (Wildman–Crippen MR) is 66.3 cm³/mol. The molecule has 0 aliphatic rings. The van der Waals surface area contributed by atoms with Crippen molar-refractivity contribution in [2.45, 2.75) is 13.8 Å². The molecule has 0 heterocycles. The fourth-order valence-corrected chi connectivity index (χ4v) is 1.67. The molecule has 0 aliphatic carbocycles. The molecule has 0 atom stereocenters. The van der Waals surface area contributed by atoms with Crippen LogP contribution in [0.3, 0.4) is 0 Å². The van der Waals surface area contributed by atoms with Crippen LogP contribution in [0.5, 0.6) is 0 Å². The Hall–Kier alpha value is -1.03. The molecule has 2 N–H and O–H groups in total. The van der Waals surface area contributed by atoms with E-state index >= 15 is 0 Å². The van der Waals surface area contributed by atoms with Gasteiger partial charge in [0.15, 0.2) is 0 Å². The van der Waals surface area contributed by atoms with Crippen LogP contribution in [0.1, 0.15) is 24.2 Å². The molecule has 1 amide bonds. The fraction of sp³-hybridized carbons (Fsp3) is 0.364. The average molecular weight is 271 g/mol. The molecular weight excluding hydrogens is 256 g/mol. The summed E-state index contributed by atoms with van der Waals surface area (Å²) in [7, 11) is 0. The number of hydrogen-bond donors (Lipinski definition) is 2. The molecule has 1 aromatic carbocycles. The molecule has 82 valence electrons. The Labute approximate surface area is 98.4 Å². The van der Waals surface area contributed by atoms with Crippen molar-refractivity contribution in [3.05, 3.63) is 28.2 Å². The van der Waals surface area contributed by atoms with Crippen LogP contribution < -0.4 is 10.6 Å². The highest BCUT2D eigenvalue weighted by Gasteiger charge is 2.09. The largest absolute Gasteiger partial charge is 0.385 e. The van der Waals surface area contributed by atoms with E-state index < -0.39 is 0 Å². The minimum Gasteiger partial charge on any atom is -0.385 e. The van der Waals surface area contributed by atoms with Gasteiger partial charge < -0.3 is 10.6 Å². The van der Waals surface area contributed by atoms with Crippen LogP contribution in [-0.4, -0.2) is 19.0 Å². The lowest BCUT2D eigenvalue weighted by molar-refractivity contribution is 0.0956. The van der Waals surface area contributed by atoms with E-state index in [-0.39, 0.29) is 5.91 Å². The third-order valence-electron chi connectivity index (χ3n) is 1.93. The van der Waals surface area contributed by atoms with Gasteiger partial charge in [0.25, 0.3) is 5.91 Å². The first kappa shape index (κ1) is 12.0. The normalized spacial score (nSPS) is 9.80. The fourth-order valence-electron chi connectivity index (χ4n) is 1.31. The summed E-state index contributed by atoms with van der Waals surface area (Å²) in [5.41, 5.74) is 1.54. The van der Waals surface area contributed by atoms with E-state index in [2.05, 4.69) is 26.6 Å². The van der Waals surface area contributed by atoms with Crippen LogP contribution >= 0.6 is 15.9 Å². The molecule has 0 bridgehead atoms. The van der Waals surface area contributed by atoms with Gasteiger partial charge >= 0.3 is 0 Å². The highest BCUT2D eigenvalue weighted by molar-refractivity contribution is 9.10. The lowest BCUT2D eigenvalue weighted by atomic mass is 10.1. The van der Waals surface area contributed by atoms with Gasteiger partial charge in [-0.05, 0) is 32.0 Å². The SMILES string of the molecule is CCNC(=O)c1ccc(Br)cc1NCC. The first-order chi connectivity index (χ1) is 7.19. The summed E-state index contributed by atoms with van der Waals surface area (Å²) < 4.78 is 0.964. The van der Waals surface area contributed by atoms with Crippen molar-refractivity contribution in [2.75, 3.05) is 18.4 Å². The second-order valence-electron chi connectivity index (χ2n) is 3.08. The molecule has 0 spiro atoms. The zero-order valence-corrected chi connectivity index (χ0v) is 10.5. The third kappa shape index (κ3) is 3.23. The molecular formula is C11H15BrN2O. The number of amides is 1. The van der Waals surface area contributed by atoms with Gasteiger partial charge in [-0.3, -0.25) is 4.79 Å². The second kappa shape index (κ2) is 5.75. The Morgan fingerprint density at radius 3 is 2.67 bits per heavy atom. The monoisotopic (exact) mass is 270 g/mol.